The highest BCUT2D eigenvalue weighted by Crippen LogP contribution is 2.31. The van der Waals surface area contributed by atoms with Gasteiger partial charge in [0.2, 0.25) is 0 Å². The monoisotopic (exact) mass is 642 g/mol. The van der Waals surface area contributed by atoms with E-state index in [1.54, 1.807) is 25.3 Å². The summed E-state index contributed by atoms with van der Waals surface area (Å²) >= 11 is 0. The van der Waals surface area contributed by atoms with E-state index in [1.807, 2.05) is 6.92 Å². The molecule has 0 aromatic heterocycles. The van der Waals surface area contributed by atoms with Crippen LogP contribution in [0.3, 0.4) is 0 Å². The molecule has 0 radical (unpaired) electrons. The van der Waals surface area contributed by atoms with Crippen molar-refractivity contribution in [1.82, 2.24) is 0 Å². The van der Waals surface area contributed by atoms with Crippen molar-refractivity contribution >= 4 is 36.1 Å². The van der Waals surface area contributed by atoms with Gasteiger partial charge in [-0.1, -0.05) is 33.2 Å². The lowest BCUT2D eigenvalue weighted by molar-refractivity contribution is -0.131. The maximum absolute atomic E-state index is 12.5. The number of carbonyl (C=O) groups excluding carboxylic acids is 6. The minimum absolute atomic E-state index is 0.0145. The molecule has 12 nitrogen and oxygen atoms in total. The van der Waals surface area contributed by atoms with Crippen molar-refractivity contribution in [3.63, 3.8) is 0 Å². The van der Waals surface area contributed by atoms with E-state index in [4.69, 9.17) is 28.4 Å². The van der Waals surface area contributed by atoms with E-state index < -0.39 is 29.8 Å². The van der Waals surface area contributed by atoms with Gasteiger partial charge in [-0.25, -0.2) is 24.0 Å². The highest BCUT2D eigenvalue weighted by molar-refractivity contribution is 5.93. The summed E-state index contributed by atoms with van der Waals surface area (Å²) in [6.07, 6.45) is 5.08. The van der Waals surface area contributed by atoms with Crippen molar-refractivity contribution in [2.45, 2.75) is 13.3 Å². The second-order valence-corrected chi connectivity index (χ2v) is 8.70. The first kappa shape index (κ1) is 36.6. The predicted molar refractivity (Wildman–Crippen MR) is 169 cm³/mol. The van der Waals surface area contributed by atoms with Gasteiger partial charge in [0, 0.05) is 29.9 Å². The highest BCUT2D eigenvalue weighted by Gasteiger charge is 2.18. The standard InChI is InChI=1S/C22H20O7.C13H10O5/c1-5-14-12-16(9-11-17(14)26-4)27-22(25)15-8-10-18(28-20(23)6-2)19(13-15)29-21(24)7-3;1-3-12(15)17-10-6-5-9(8-14)7-11(10)18-13(16)4-2/h6-13H,2-3,5H2,1,4H3;3-8H,1-2H2. The maximum atomic E-state index is 12.5. The summed E-state index contributed by atoms with van der Waals surface area (Å²) in [5, 5.41) is 0. The molecule has 47 heavy (non-hydrogen) atoms. The normalized spacial score (nSPS) is 9.57. The molecule has 242 valence electrons. The molecule has 0 N–H and O–H groups in total. The molecular weight excluding hydrogens is 612 g/mol. The minimum Gasteiger partial charge on any atom is -0.496 e. The van der Waals surface area contributed by atoms with Crippen LogP contribution >= 0.6 is 0 Å². The topological polar surface area (TPSA) is 158 Å². The molecule has 3 rings (SSSR count). The number of aryl methyl sites for hydroxylation is 1. The van der Waals surface area contributed by atoms with E-state index in [0.717, 1.165) is 29.9 Å². The van der Waals surface area contributed by atoms with Crippen molar-refractivity contribution in [2.24, 2.45) is 0 Å². The van der Waals surface area contributed by atoms with E-state index in [9.17, 15) is 28.8 Å². The highest BCUT2D eigenvalue weighted by atomic mass is 16.6. The van der Waals surface area contributed by atoms with Crippen LogP contribution in [0.4, 0.5) is 0 Å². The second-order valence-electron chi connectivity index (χ2n) is 8.70. The Morgan fingerprint density at radius 3 is 1.53 bits per heavy atom. The Kier molecular flexibility index (Phi) is 14.3. The first-order valence-corrected chi connectivity index (χ1v) is 13.5. The van der Waals surface area contributed by atoms with Gasteiger partial charge < -0.3 is 28.4 Å². The Balaban J connectivity index is 0.000000366. The summed E-state index contributed by atoms with van der Waals surface area (Å²) in [5.41, 5.74) is 1.24. The van der Waals surface area contributed by atoms with Crippen molar-refractivity contribution in [2.75, 3.05) is 7.11 Å². The second kappa shape index (κ2) is 18.3. The van der Waals surface area contributed by atoms with Crippen LogP contribution < -0.4 is 28.4 Å². The summed E-state index contributed by atoms with van der Waals surface area (Å²) in [5.74, 6) is -2.84. The molecule has 0 atom stereocenters. The van der Waals surface area contributed by atoms with Gasteiger partial charge in [-0.05, 0) is 66.6 Å². The lowest BCUT2D eigenvalue weighted by Gasteiger charge is -2.12. The molecule has 3 aromatic carbocycles. The molecule has 12 heteroatoms. The van der Waals surface area contributed by atoms with E-state index >= 15 is 0 Å². The lowest BCUT2D eigenvalue weighted by Crippen LogP contribution is -2.12. The number of carbonyl (C=O) groups is 6. The van der Waals surface area contributed by atoms with Gasteiger partial charge in [-0.15, -0.1) is 0 Å². The first-order chi connectivity index (χ1) is 22.5. The molecule has 0 amide bonds. The molecule has 0 aliphatic heterocycles. The number of benzene rings is 3. The zero-order valence-corrected chi connectivity index (χ0v) is 25.5. The van der Waals surface area contributed by atoms with Crippen molar-refractivity contribution in [1.29, 1.82) is 0 Å². The molecule has 0 unspecified atom stereocenters. The molecule has 0 spiro atoms. The molecule has 0 aliphatic carbocycles. The van der Waals surface area contributed by atoms with Crippen molar-refractivity contribution in [3.05, 3.63) is 122 Å². The van der Waals surface area contributed by atoms with E-state index in [1.165, 1.54) is 36.4 Å². The number of hydrogen-bond donors (Lipinski definition) is 0. The van der Waals surface area contributed by atoms with Gasteiger partial charge in [0.15, 0.2) is 23.0 Å². The summed E-state index contributed by atoms with van der Waals surface area (Å²) in [7, 11) is 1.56. The molecule has 3 aromatic rings. The fraction of sp³-hybridized carbons (Fsp3) is 0.0857. The average molecular weight is 643 g/mol. The molecule has 0 saturated heterocycles. The number of aldehydes is 1. The Labute approximate surface area is 270 Å². The number of hydrogen-bond acceptors (Lipinski definition) is 12. The zero-order valence-electron chi connectivity index (χ0n) is 25.5. The van der Waals surface area contributed by atoms with Crippen LogP contribution in [-0.4, -0.2) is 43.2 Å². The first-order valence-electron chi connectivity index (χ1n) is 13.5. The van der Waals surface area contributed by atoms with E-state index in [2.05, 4.69) is 26.3 Å². The Morgan fingerprint density at radius 2 is 1.06 bits per heavy atom. The van der Waals surface area contributed by atoms with Gasteiger partial charge in [-0.3, -0.25) is 4.79 Å². The van der Waals surface area contributed by atoms with Gasteiger partial charge in [-0.2, -0.15) is 0 Å². The Morgan fingerprint density at radius 1 is 0.596 bits per heavy atom. The third kappa shape index (κ3) is 11.1. The predicted octanol–water partition coefficient (Wildman–Crippen LogP) is 5.34. The van der Waals surface area contributed by atoms with Crippen LogP contribution in [-0.2, 0) is 25.6 Å². The maximum Gasteiger partial charge on any atom is 0.343 e. The van der Waals surface area contributed by atoms with Crippen LogP contribution in [0.5, 0.6) is 34.5 Å². The number of esters is 5. The molecule has 0 heterocycles. The summed E-state index contributed by atoms with van der Waals surface area (Å²) in [6.45, 7) is 15.0. The zero-order chi connectivity index (χ0) is 34.9. The smallest absolute Gasteiger partial charge is 0.343 e. The molecule has 0 saturated carbocycles. The van der Waals surface area contributed by atoms with E-state index in [0.29, 0.717) is 24.2 Å². The summed E-state index contributed by atoms with van der Waals surface area (Å²) in [6, 6.07) is 13.0. The van der Waals surface area contributed by atoms with Gasteiger partial charge >= 0.3 is 29.8 Å². The van der Waals surface area contributed by atoms with Crippen LogP contribution in [0.1, 0.15) is 33.2 Å². The van der Waals surface area contributed by atoms with Crippen LogP contribution in [0.15, 0.2) is 105 Å². The molecule has 0 fully saturated rings. The van der Waals surface area contributed by atoms with Crippen LogP contribution in [0.2, 0.25) is 0 Å². The summed E-state index contributed by atoms with van der Waals surface area (Å²) < 4.78 is 30.4. The molecule has 0 bridgehead atoms. The van der Waals surface area contributed by atoms with Gasteiger partial charge in [0.25, 0.3) is 0 Å². The molecular formula is C35H30O12. The Bertz CT molecular complexity index is 1720. The summed E-state index contributed by atoms with van der Waals surface area (Å²) in [4.78, 5) is 68.3. The van der Waals surface area contributed by atoms with E-state index in [-0.39, 0.29) is 34.1 Å². The minimum atomic E-state index is -0.783. The van der Waals surface area contributed by atoms with Gasteiger partial charge in [0.1, 0.15) is 17.8 Å². The quantitative estimate of drug-likeness (QED) is 0.102. The van der Waals surface area contributed by atoms with Gasteiger partial charge in [0.05, 0.1) is 12.7 Å². The third-order valence-corrected chi connectivity index (χ3v) is 5.64. The molecule has 0 aliphatic rings. The number of rotatable bonds is 13. The van der Waals surface area contributed by atoms with Crippen molar-refractivity contribution < 1.29 is 57.2 Å². The largest absolute Gasteiger partial charge is 0.496 e. The fourth-order valence-electron chi connectivity index (χ4n) is 3.42. The number of ether oxygens (including phenoxy) is 6. The van der Waals surface area contributed by atoms with Crippen LogP contribution in [0, 0.1) is 0 Å². The van der Waals surface area contributed by atoms with Crippen LogP contribution in [0.25, 0.3) is 0 Å². The SMILES string of the molecule is C=CC(=O)Oc1ccc(C(=O)Oc2ccc(OC)c(CC)c2)cc1OC(=O)C=C.C=CC(=O)Oc1ccc(C=O)cc1OC(=O)C=C. The fourth-order valence-corrected chi connectivity index (χ4v) is 3.42. The number of methoxy groups -OCH3 is 1. The lowest BCUT2D eigenvalue weighted by atomic mass is 10.1. The van der Waals surface area contributed by atoms with Crippen molar-refractivity contribution in [3.8, 4) is 34.5 Å². The Hall–Kier alpha value is -6.56. The average Bonchev–Trinajstić information content (AvgIpc) is 3.09. The third-order valence-electron chi connectivity index (χ3n) is 5.64.